The molecule has 0 aromatic heterocycles. The van der Waals surface area contributed by atoms with Crippen molar-refractivity contribution in [2.75, 3.05) is 13.7 Å². The highest BCUT2D eigenvalue weighted by molar-refractivity contribution is 7.88. The van der Waals surface area contributed by atoms with Gasteiger partial charge in [-0.1, -0.05) is 12.1 Å². The summed E-state index contributed by atoms with van der Waals surface area (Å²) in [5.74, 6) is -2.49. The number of carboxylic acid groups (broad SMARTS) is 1. The number of sulfonamides is 1. The van der Waals surface area contributed by atoms with E-state index < -0.39 is 40.4 Å². The maximum absolute atomic E-state index is 11.8. The maximum atomic E-state index is 11.8. The molecule has 0 fully saturated rings. The molecule has 0 aliphatic rings. The van der Waals surface area contributed by atoms with Crippen molar-refractivity contribution in [1.29, 1.82) is 0 Å². The van der Waals surface area contributed by atoms with Gasteiger partial charge in [0, 0.05) is 0 Å². The van der Waals surface area contributed by atoms with Crippen LogP contribution in [-0.2, 0) is 25.3 Å². The number of carboxylic acids is 1. The molecule has 116 valence electrons. The van der Waals surface area contributed by atoms with E-state index in [0.29, 0.717) is 5.56 Å². The molecule has 0 saturated carbocycles. The lowest BCUT2D eigenvalue weighted by Gasteiger charge is -2.12. The Hall–Kier alpha value is -1.97. The van der Waals surface area contributed by atoms with E-state index in [1.165, 1.54) is 31.4 Å². The lowest BCUT2D eigenvalue weighted by molar-refractivity contribution is -0.139. The average Bonchev–Trinajstić information content (AvgIpc) is 2.44. The third kappa shape index (κ3) is 5.14. The van der Waals surface area contributed by atoms with E-state index in [1.54, 1.807) is 0 Å². The molecule has 1 aromatic rings. The summed E-state index contributed by atoms with van der Waals surface area (Å²) in [5.41, 5.74) is 0.627. The summed E-state index contributed by atoms with van der Waals surface area (Å²) in [6, 6.07) is 4.04. The van der Waals surface area contributed by atoms with Crippen LogP contribution in [0.5, 0.6) is 0 Å². The molecule has 0 bridgehead atoms. The van der Waals surface area contributed by atoms with Crippen LogP contribution in [0.1, 0.15) is 15.9 Å². The molecule has 8 nitrogen and oxygen atoms in total. The zero-order chi connectivity index (χ0) is 16.0. The minimum absolute atomic E-state index is 0.269. The lowest BCUT2D eigenvalue weighted by atomic mass is 10.1. The smallest absolute Gasteiger partial charge is 0.337 e. The molecule has 21 heavy (non-hydrogen) atoms. The van der Waals surface area contributed by atoms with Gasteiger partial charge in [0.15, 0.2) is 0 Å². The van der Waals surface area contributed by atoms with E-state index in [1.807, 2.05) is 4.72 Å². The highest BCUT2D eigenvalue weighted by atomic mass is 32.2. The van der Waals surface area contributed by atoms with E-state index in [9.17, 15) is 18.0 Å². The molecule has 1 rings (SSSR count). The van der Waals surface area contributed by atoms with Crippen LogP contribution in [-0.4, -0.2) is 50.3 Å². The van der Waals surface area contributed by atoms with Gasteiger partial charge in [-0.25, -0.2) is 13.2 Å². The molecule has 0 saturated heterocycles. The van der Waals surface area contributed by atoms with Gasteiger partial charge < -0.3 is 14.9 Å². The van der Waals surface area contributed by atoms with Crippen LogP contribution < -0.4 is 4.72 Å². The first-order valence-corrected chi connectivity index (χ1v) is 7.45. The number of hydrogen-bond donors (Lipinski definition) is 3. The van der Waals surface area contributed by atoms with Crippen LogP contribution in [0, 0.1) is 0 Å². The third-order valence-corrected chi connectivity index (χ3v) is 3.89. The monoisotopic (exact) mass is 317 g/mol. The minimum Gasteiger partial charge on any atom is -0.480 e. The maximum Gasteiger partial charge on any atom is 0.337 e. The van der Waals surface area contributed by atoms with Gasteiger partial charge in [-0.05, 0) is 17.7 Å². The van der Waals surface area contributed by atoms with Crippen LogP contribution in [0.15, 0.2) is 24.3 Å². The van der Waals surface area contributed by atoms with Gasteiger partial charge in [-0.3, -0.25) is 4.79 Å². The van der Waals surface area contributed by atoms with Crippen LogP contribution in [0.2, 0.25) is 0 Å². The number of hydrogen-bond acceptors (Lipinski definition) is 6. The molecule has 0 amide bonds. The summed E-state index contributed by atoms with van der Waals surface area (Å²) in [4.78, 5) is 21.9. The summed E-state index contributed by atoms with van der Waals surface area (Å²) < 4.78 is 29.9. The number of aliphatic hydroxyl groups excluding tert-OH is 1. The highest BCUT2D eigenvalue weighted by Crippen LogP contribution is 2.09. The zero-order valence-corrected chi connectivity index (χ0v) is 12.0. The van der Waals surface area contributed by atoms with Gasteiger partial charge >= 0.3 is 11.9 Å². The summed E-state index contributed by atoms with van der Waals surface area (Å²) >= 11 is 0. The number of rotatable bonds is 7. The predicted octanol–water partition coefficient (Wildman–Crippen LogP) is -0.662. The van der Waals surface area contributed by atoms with E-state index in [2.05, 4.69) is 4.74 Å². The number of aliphatic carboxylic acids is 1. The van der Waals surface area contributed by atoms with Crippen molar-refractivity contribution in [1.82, 2.24) is 4.72 Å². The summed E-state index contributed by atoms with van der Waals surface area (Å²) in [6.07, 6.45) is 0. The van der Waals surface area contributed by atoms with Crippen molar-refractivity contribution < 1.29 is 33.0 Å². The molecular weight excluding hydrogens is 302 g/mol. The van der Waals surface area contributed by atoms with Gasteiger partial charge in [-0.15, -0.1) is 0 Å². The van der Waals surface area contributed by atoms with E-state index >= 15 is 0 Å². The molecule has 0 spiro atoms. The molecule has 0 radical (unpaired) electrons. The van der Waals surface area contributed by atoms with E-state index in [4.69, 9.17) is 10.2 Å². The Balaban J connectivity index is 2.80. The lowest BCUT2D eigenvalue weighted by Crippen LogP contribution is -2.43. The number of benzene rings is 1. The summed E-state index contributed by atoms with van der Waals surface area (Å²) in [6.45, 7) is -0.851. The number of nitrogens with one attached hydrogen (secondary N) is 1. The topological polar surface area (TPSA) is 130 Å². The molecule has 9 heteroatoms. The largest absolute Gasteiger partial charge is 0.480 e. The Kier molecular flexibility index (Phi) is 5.82. The zero-order valence-electron chi connectivity index (χ0n) is 11.1. The fourth-order valence-corrected chi connectivity index (χ4v) is 2.82. The molecule has 1 atom stereocenters. The molecular formula is C12H15NO7S. The standard InChI is InChI=1S/C12H15NO7S/c1-20-12(17)9-4-2-8(3-5-9)7-21(18,19)13-10(6-14)11(15)16/h2-5,10,13-14H,6-7H2,1H3,(H,15,16)/t10-/m0/s1. The Morgan fingerprint density at radius 2 is 1.86 bits per heavy atom. The minimum atomic E-state index is -3.94. The number of ether oxygens (including phenoxy) is 1. The fourth-order valence-electron chi connectivity index (χ4n) is 1.50. The van der Waals surface area contributed by atoms with Crippen LogP contribution >= 0.6 is 0 Å². The molecule has 0 unspecified atom stereocenters. The van der Waals surface area contributed by atoms with Crippen molar-refractivity contribution in [3.05, 3.63) is 35.4 Å². The molecule has 3 N–H and O–H groups in total. The van der Waals surface area contributed by atoms with Crippen LogP contribution in [0.3, 0.4) is 0 Å². The second kappa shape index (κ2) is 7.16. The van der Waals surface area contributed by atoms with Crippen molar-refractivity contribution in [3.63, 3.8) is 0 Å². The Bertz CT molecular complexity index is 609. The summed E-state index contributed by atoms with van der Waals surface area (Å²) in [7, 11) is -2.71. The second-order valence-electron chi connectivity index (χ2n) is 4.14. The van der Waals surface area contributed by atoms with Crippen molar-refractivity contribution in [3.8, 4) is 0 Å². The van der Waals surface area contributed by atoms with Gasteiger partial charge in [0.25, 0.3) is 0 Å². The molecule has 0 heterocycles. The number of methoxy groups -OCH3 is 1. The van der Waals surface area contributed by atoms with Crippen molar-refractivity contribution >= 4 is 22.0 Å². The average molecular weight is 317 g/mol. The number of esters is 1. The quantitative estimate of drug-likeness (QED) is 0.569. The number of aliphatic hydroxyl groups is 1. The molecule has 1 aromatic carbocycles. The molecule has 0 aliphatic carbocycles. The van der Waals surface area contributed by atoms with Crippen LogP contribution in [0.4, 0.5) is 0 Å². The van der Waals surface area contributed by atoms with Gasteiger partial charge in [0.2, 0.25) is 10.0 Å². The summed E-state index contributed by atoms with van der Waals surface area (Å²) in [5, 5.41) is 17.5. The first-order valence-electron chi connectivity index (χ1n) is 5.80. The fraction of sp³-hybridized carbons (Fsp3) is 0.333. The first-order chi connectivity index (χ1) is 9.79. The van der Waals surface area contributed by atoms with E-state index in [0.717, 1.165) is 0 Å². The van der Waals surface area contributed by atoms with Crippen molar-refractivity contribution in [2.24, 2.45) is 0 Å². The third-order valence-electron chi connectivity index (χ3n) is 2.53. The normalized spacial score (nSPS) is 12.7. The number of carbonyl (C=O) groups is 2. The Morgan fingerprint density at radius 1 is 1.29 bits per heavy atom. The first kappa shape index (κ1) is 17.1. The van der Waals surface area contributed by atoms with Gasteiger partial charge in [-0.2, -0.15) is 4.72 Å². The number of carbonyl (C=O) groups excluding carboxylic acids is 1. The molecule has 0 aliphatic heterocycles. The SMILES string of the molecule is COC(=O)c1ccc(CS(=O)(=O)N[C@@H](CO)C(=O)O)cc1. The van der Waals surface area contributed by atoms with E-state index in [-0.39, 0.29) is 5.56 Å². The van der Waals surface area contributed by atoms with Crippen LogP contribution in [0.25, 0.3) is 0 Å². The van der Waals surface area contributed by atoms with Gasteiger partial charge in [0.1, 0.15) is 6.04 Å². The van der Waals surface area contributed by atoms with Gasteiger partial charge in [0.05, 0.1) is 25.0 Å². The van der Waals surface area contributed by atoms with Crippen molar-refractivity contribution in [2.45, 2.75) is 11.8 Å². The predicted molar refractivity (Wildman–Crippen MR) is 72.1 cm³/mol. The second-order valence-corrected chi connectivity index (χ2v) is 5.89. The highest BCUT2D eigenvalue weighted by Gasteiger charge is 2.23. The Labute approximate surface area is 121 Å². The Morgan fingerprint density at radius 3 is 2.29 bits per heavy atom.